The predicted molar refractivity (Wildman–Crippen MR) is 84.9 cm³/mol. The first-order valence-electron chi connectivity index (χ1n) is 7.96. The Bertz CT molecular complexity index is 610. The molecule has 3 atom stereocenters. The Hall–Kier alpha value is -2.30. The van der Waals surface area contributed by atoms with Crippen LogP contribution in [0.4, 0.5) is 4.79 Å². The summed E-state index contributed by atoms with van der Waals surface area (Å²) in [5.74, 6) is -1.54. The van der Waals surface area contributed by atoms with Gasteiger partial charge in [0.2, 0.25) is 5.91 Å². The van der Waals surface area contributed by atoms with E-state index in [1.54, 1.807) is 11.8 Å². The molecule has 3 N–H and O–H groups in total. The molecule has 0 aromatic carbocycles. The molecule has 3 heterocycles. The van der Waals surface area contributed by atoms with E-state index in [1.807, 2.05) is 0 Å². The Morgan fingerprint density at radius 3 is 2.64 bits per heavy atom. The second kappa shape index (κ2) is 7.30. The molecule has 3 aliphatic rings. The second-order valence-electron chi connectivity index (χ2n) is 5.98. The Kier molecular flexibility index (Phi) is 5.11. The lowest BCUT2D eigenvalue weighted by Gasteiger charge is -2.16. The van der Waals surface area contributed by atoms with Gasteiger partial charge in [-0.25, -0.2) is 9.59 Å². The highest BCUT2D eigenvalue weighted by molar-refractivity contribution is 8.00. The summed E-state index contributed by atoms with van der Waals surface area (Å²) in [4.78, 5) is 62.0. The Balaban J connectivity index is 1.35. The molecule has 25 heavy (non-hydrogen) atoms. The zero-order chi connectivity index (χ0) is 18.0. The summed E-state index contributed by atoms with van der Waals surface area (Å²) >= 11 is 1.69. The van der Waals surface area contributed by atoms with Crippen molar-refractivity contribution in [1.29, 1.82) is 0 Å². The van der Waals surface area contributed by atoms with E-state index in [1.165, 1.54) is 0 Å². The molecule has 0 radical (unpaired) electrons. The molecule has 0 unspecified atom stereocenters. The zero-order valence-corrected chi connectivity index (χ0v) is 14.1. The minimum Gasteiger partial charge on any atom is -0.345 e. The molecule has 0 aliphatic carbocycles. The van der Waals surface area contributed by atoms with Crippen molar-refractivity contribution in [2.75, 3.05) is 12.3 Å². The van der Waals surface area contributed by atoms with Gasteiger partial charge in [-0.15, -0.1) is 5.06 Å². The molecule has 5 amide bonds. The SMILES string of the molecule is O=C(CC[C@@H]1SC[C@@H]2NC(=O)N[C@@H]21)NCC(=O)ON1C(=O)CCC1=O. The molecule has 0 saturated carbocycles. The lowest BCUT2D eigenvalue weighted by atomic mass is 10.0. The minimum atomic E-state index is -0.875. The van der Waals surface area contributed by atoms with Crippen molar-refractivity contribution >= 4 is 41.5 Å². The number of urea groups is 1. The van der Waals surface area contributed by atoms with Gasteiger partial charge in [-0.1, -0.05) is 0 Å². The van der Waals surface area contributed by atoms with Crippen molar-refractivity contribution in [2.24, 2.45) is 0 Å². The number of imide groups is 1. The molecule has 3 aliphatic heterocycles. The van der Waals surface area contributed by atoms with Crippen molar-refractivity contribution in [3.05, 3.63) is 0 Å². The number of hydrogen-bond acceptors (Lipinski definition) is 7. The quantitative estimate of drug-likeness (QED) is 0.389. The van der Waals surface area contributed by atoms with Crippen molar-refractivity contribution in [2.45, 2.75) is 43.0 Å². The molecule has 11 heteroatoms. The molecule has 0 aromatic rings. The van der Waals surface area contributed by atoms with Crippen LogP contribution in [-0.4, -0.2) is 64.4 Å². The van der Waals surface area contributed by atoms with Crippen molar-refractivity contribution in [3.8, 4) is 0 Å². The standard InChI is InChI=1S/C14H18N4O6S/c19-9(2-1-8-13-7(6-25-8)16-14(23)17-13)15-5-12(22)24-18-10(20)3-4-11(18)21/h7-8,13H,1-6H2,(H,15,19)(H2,16,17,23)/t7-,8-,13-/m0/s1. The molecular formula is C14H18N4O6S. The van der Waals surface area contributed by atoms with Crippen LogP contribution in [0.25, 0.3) is 0 Å². The Morgan fingerprint density at radius 2 is 1.92 bits per heavy atom. The molecule has 3 rings (SSSR count). The van der Waals surface area contributed by atoms with Crippen molar-refractivity contribution in [3.63, 3.8) is 0 Å². The summed E-state index contributed by atoms with van der Waals surface area (Å²) in [7, 11) is 0. The van der Waals surface area contributed by atoms with E-state index < -0.39 is 24.3 Å². The van der Waals surface area contributed by atoms with Gasteiger partial charge in [0.15, 0.2) is 0 Å². The highest BCUT2D eigenvalue weighted by Crippen LogP contribution is 2.32. The lowest BCUT2D eigenvalue weighted by molar-refractivity contribution is -0.196. The number of carbonyl (C=O) groups is 5. The highest BCUT2D eigenvalue weighted by Gasteiger charge is 2.42. The first-order chi connectivity index (χ1) is 11.9. The molecule has 0 aromatic heterocycles. The fourth-order valence-corrected chi connectivity index (χ4v) is 4.46. The molecule has 0 bridgehead atoms. The van der Waals surface area contributed by atoms with E-state index in [2.05, 4.69) is 20.8 Å². The Labute approximate surface area is 147 Å². The second-order valence-corrected chi connectivity index (χ2v) is 7.25. The van der Waals surface area contributed by atoms with Gasteiger partial charge in [-0.2, -0.15) is 11.8 Å². The number of amides is 5. The van der Waals surface area contributed by atoms with Gasteiger partial charge in [-0.3, -0.25) is 14.4 Å². The van der Waals surface area contributed by atoms with E-state index in [4.69, 9.17) is 0 Å². The lowest BCUT2D eigenvalue weighted by Crippen LogP contribution is -2.39. The van der Waals surface area contributed by atoms with Gasteiger partial charge in [0, 0.05) is 30.3 Å². The van der Waals surface area contributed by atoms with E-state index in [9.17, 15) is 24.0 Å². The number of hydroxylamine groups is 2. The van der Waals surface area contributed by atoms with E-state index in [0.717, 1.165) is 5.75 Å². The van der Waals surface area contributed by atoms with Crippen LogP contribution < -0.4 is 16.0 Å². The minimum absolute atomic E-state index is 0.0162. The normalized spacial score (nSPS) is 27.8. The summed E-state index contributed by atoms with van der Waals surface area (Å²) in [5, 5.41) is 8.65. The maximum atomic E-state index is 11.8. The van der Waals surface area contributed by atoms with Crippen LogP contribution in [0.2, 0.25) is 0 Å². The van der Waals surface area contributed by atoms with Crippen LogP contribution in [-0.2, 0) is 24.0 Å². The van der Waals surface area contributed by atoms with Crippen molar-refractivity contribution in [1.82, 2.24) is 21.0 Å². The van der Waals surface area contributed by atoms with Crippen LogP contribution in [0.3, 0.4) is 0 Å². The third kappa shape index (κ3) is 4.03. The topological polar surface area (TPSA) is 134 Å². The monoisotopic (exact) mass is 370 g/mol. The van der Waals surface area contributed by atoms with E-state index in [-0.39, 0.29) is 48.5 Å². The van der Waals surface area contributed by atoms with Gasteiger partial charge in [0.05, 0.1) is 12.1 Å². The molecular weight excluding hydrogens is 352 g/mol. The van der Waals surface area contributed by atoms with Crippen LogP contribution >= 0.6 is 11.8 Å². The van der Waals surface area contributed by atoms with E-state index >= 15 is 0 Å². The summed E-state index contributed by atoms with van der Waals surface area (Å²) < 4.78 is 0. The fraction of sp³-hybridized carbons (Fsp3) is 0.643. The predicted octanol–water partition coefficient (Wildman–Crippen LogP) is -1.34. The summed E-state index contributed by atoms with van der Waals surface area (Å²) in [6.07, 6.45) is 0.805. The average Bonchev–Trinajstić information content (AvgIpc) is 3.21. The van der Waals surface area contributed by atoms with Crippen LogP contribution in [0.15, 0.2) is 0 Å². The van der Waals surface area contributed by atoms with E-state index in [0.29, 0.717) is 11.5 Å². The van der Waals surface area contributed by atoms with Crippen LogP contribution in [0.1, 0.15) is 25.7 Å². The van der Waals surface area contributed by atoms with Crippen LogP contribution in [0, 0.1) is 0 Å². The van der Waals surface area contributed by atoms with Gasteiger partial charge >= 0.3 is 12.0 Å². The average molecular weight is 370 g/mol. The molecule has 3 saturated heterocycles. The first kappa shape index (κ1) is 17.5. The number of carbonyl (C=O) groups excluding carboxylic acids is 5. The van der Waals surface area contributed by atoms with Gasteiger partial charge in [-0.05, 0) is 6.42 Å². The Morgan fingerprint density at radius 1 is 1.20 bits per heavy atom. The molecule has 0 spiro atoms. The number of nitrogens with zero attached hydrogens (tertiary/aromatic N) is 1. The summed E-state index contributed by atoms with van der Waals surface area (Å²) in [6, 6.07) is -0.0722. The zero-order valence-electron chi connectivity index (χ0n) is 13.3. The van der Waals surface area contributed by atoms with Gasteiger partial charge in [0.25, 0.3) is 11.8 Å². The van der Waals surface area contributed by atoms with Crippen molar-refractivity contribution < 1.29 is 28.8 Å². The summed E-state index contributed by atoms with van der Waals surface area (Å²) in [6.45, 7) is -0.419. The van der Waals surface area contributed by atoms with Gasteiger partial charge < -0.3 is 20.8 Å². The molecule has 10 nitrogen and oxygen atoms in total. The number of nitrogens with one attached hydrogen (secondary N) is 3. The highest BCUT2D eigenvalue weighted by atomic mass is 32.2. The summed E-state index contributed by atoms with van der Waals surface area (Å²) in [5.41, 5.74) is 0. The third-order valence-corrected chi connectivity index (χ3v) is 5.73. The smallest absolute Gasteiger partial charge is 0.345 e. The van der Waals surface area contributed by atoms with Gasteiger partial charge in [0.1, 0.15) is 6.54 Å². The largest absolute Gasteiger partial charge is 0.352 e. The number of thioether (sulfide) groups is 1. The molecule has 136 valence electrons. The maximum absolute atomic E-state index is 11.8. The number of fused-ring (bicyclic) bond motifs is 1. The third-order valence-electron chi connectivity index (χ3n) is 4.22. The van der Waals surface area contributed by atoms with Crippen LogP contribution in [0.5, 0.6) is 0 Å². The fourth-order valence-electron chi connectivity index (χ4n) is 2.97. The molecule has 3 fully saturated rings. The number of hydrogen-bond donors (Lipinski definition) is 3. The maximum Gasteiger partial charge on any atom is 0.352 e. The number of rotatable bonds is 6. The first-order valence-corrected chi connectivity index (χ1v) is 9.01.